The molecule has 0 saturated heterocycles. The summed E-state index contributed by atoms with van der Waals surface area (Å²) < 4.78 is 5.54. The summed E-state index contributed by atoms with van der Waals surface area (Å²) in [6.07, 6.45) is -0.534. The van der Waals surface area contributed by atoms with Gasteiger partial charge in [0.2, 0.25) is 0 Å². The second kappa shape index (κ2) is 8.47. The third kappa shape index (κ3) is 9.12. The van der Waals surface area contributed by atoms with Gasteiger partial charge in [0.05, 0.1) is 20.0 Å². The maximum atomic E-state index is 11.1. The van der Waals surface area contributed by atoms with Crippen molar-refractivity contribution < 1.29 is 24.6 Å². The average Bonchev–Trinajstić information content (AvgIpc) is 2.16. The number of nitrogens with zero attached hydrogens (tertiary/aromatic N) is 1. The van der Waals surface area contributed by atoms with Crippen LogP contribution >= 0.6 is 11.6 Å². The minimum absolute atomic E-state index is 0. The van der Waals surface area contributed by atoms with E-state index in [1.54, 1.807) is 6.92 Å². The standard InChI is InChI=1S/C11H21ClNO3.H2O/c1-9(2)11(15)16-6-5-13(3,4)8-10(14)7-12;/h10,14H,1,5-8H2,2-4H3;1H2/q+1;/p-1. The lowest BCUT2D eigenvalue weighted by Crippen LogP contribution is -2.48. The Morgan fingerprint density at radius 3 is 2.47 bits per heavy atom. The number of aliphatic hydroxyl groups excluding tert-OH is 1. The van der Waals surface area contributed by atoms with Crippen LogP contribution in [0.4, 0.5) is 0 Å². The first kappa shape index (κ1) is 18.7. The number of esters is 1. The average molecular weight is 268 g/mol. The number of carbonyl (C=O) groups is 1. The van der Waals surface area contributed by atoms with Crippen molar-refractivity contribution in [2.24, 2.45) is 0 Å². The van der Waals surface area contributed by atoms with Gasteiger partial charge in [-0.05, 0) is 6.92 Å². The van der Waals surface area contributed by atoms with Crippen molar-refractivity contribution in [1.82, 2.24) is 0 Å². The van der Waals surface area contributed by atoms with Gasteiger partial charge in [-0.15, -0.1) is 11.6 Å². The lowest BCUT2D eigenvalue weighted by atomic mass is 10.3. The Morgan fingerprint density at radius 2 is 2.06 bits per heavy atom. The van der Waals surface area contributed by atoms with E-state index in [0.29, 0.717) is 29.8 Å². The molecule has 1 atom stereocenters. The van der Waals surface area contributed by atoms with E-state index in [0.717, 1.165) is 0 Å². The van der Waals surface area contributed by atoms with Gasteiger partial charge in [-0.25, -0.2) is 4.79 Å². The molecule has 6 heteroatoms. The Labute approximate surface area is 108 Å². The Kier molecular flexibility index (Phi) is 9.33. The molecule has 0 heterocycles. The van der Waals surface area contributed by atoms with Crippen LogP contribution in [-0.4, -0.2) is 66.8 Å². The van der Waals surface area contributed by atoms with Crippen LogP contribution in [0.15, 0.2) is 12.2 Å². The van der Waals surface area contributed by atoms with E-state index in [9.17, 15) is 9.90 Å². The highest BCUT2D eigenvalue weighted by Crippen LogP contribution is 2.02. The van der Waals surface area contributed by atoms with Gasteiger partial charge in [-0.3, -0.25) is 0 Å². The molecule has 0 amide bonds. The zero-order chi connectivity index (χ0) is 12.8. The van der Waals surface area contributed by atoms with Crippen LogP contribution in [0.2, 0.25) is 0 Å². The van der Waals surface area contributed by atoms with Gasteiger partial charge >= 0.3 is 5.97 Å². The van der Waals surface area contributed by atoms with Gasteiger partial charge in [0.1, 0.15) is 25.8 Å². The summed E-state index contributed by atoms with van der Waals surface area (Å²) in [6, 6.07) is 0. The number of carbonyl (C=O) groups excluding carboxylic acids is 1. The molecule has 1 unspecified atom stereocenters. The fraction of sp³-hybridized carbons (Fsp3) is 0.727. The van der Waals surface area contributed by atoms with E-state index in [1.807, 2.05) is 14.1 Å². The molecule has 0 rings (SSSR count). The number of hydrogen-bond acceptors (Lipinski definition) is 4. The molecule has 0 spiro atoms. The Bertz CT molecular complexity index is 256. The first-order chi connectivity index (χ1) is 7.28. The fourth-order valence-corrected chi connectivity index (χ4v) is 1.32. The Balaban J connectivity index is 0. The molecule has 0 bridgehead atoms. The molecule has 5 nitrogen and oxygen atoms in total. The lowest BCUT2D eigenvalue weighted by Gasteiger charge is -2.31. The largest absolute Gasteiger partial charge is 0.870 e. The van der Waals surface area contributed by atoms with Gasteiger partial charge in [-0.1, -0.05) is 6.58 Å². The van der Waals surface area contributed by atoms with Crippen molar-refractivity contribution in [3.05, 3.63) is 12.2 Å². The molecule has 17 heavy (non-hydrogen) atoms. The third-order valence-corrected chi connectivity index (χ3v) is 2.52. The van der Waals surface area contributed by atoms with Crippen LogP contribution in [0.1, 0.15) is 6.92 Å². The number of ether oxygens (including phenoxy) is 1. The van der Waals surface area contributed by atoms with Crippen LogP contribution in [0.3, 0.4) is 0 Å². The van der Waals surface area contributed by atoms with Gasteiger partial charge in [0.25, 0.3) is 0 Å². The van der Waals surface area contributed by atoms with Crippen molar-refractivity contribution >= 4 is 17.6 Å². The van der Waals surface area contributed by atoms with Crippen molar-refractivity contribution in [3.8, 4) is 0 Å². The first-order valence-corrected chi connectivity index (χ1v) is 5.70. The van der Waals surface area contributed by atoms with Gasteiger partial charge in [0.15, 0.2) is 0 Å². The Hall–Kier alpha value is -0.620. The van der Waals surface area contributed by atoms with E-state index < -0.39 is 6.10 Å². The summed E-state index contributed by atoms with van der Waals surface area (Å²) in [6.45, 7) is 6.59. The maximum absolute atomic E-state index is 11.1. The minimum atomic E-state index is -0.534. The van der Waals surface area contributed by atoms with Gasteiger partial charge < -0.3 is 19.8 Å². The highest BCUT2D eigenvalue weighted by atomic mass is 35.5. The molecule has 0 fully saturated rings. The molecule has 0 aliphatic heterocycles. The molecule has 0 aromatic carbocycles. The summed E-state index contributed by atoms with van der Waals surface area (Å²) in [5.41, 5.74) is 0.395. The van der Waals surface area contributed by atoms with Crippen molar-refractivity contribution in [2.75, 3.05) is 39.7 Å². The third-order valence-electron chi connectivity index (χ3n) is 2.16. The predicted octanol–water partition coefficient (Wildman–Crippen LogP) is 0.605. The quantitative estimate of drug-likeness (QED) is 0.317. The predicted molar refractivity (Wildman–Crippen MR) is 66.3 cm³/mol. The molecule has 2 N–H and O–H groups in total. The van der Waals surface area contributed by atoms with E-state index >= 15 is 0 Å². The van der Waals surface area contributed by atoms with Crippen molar-refractivity contribution in [2.45, 2.75) is 13.0 Å². The highest BCUT2D eigenvalue weighted by molar-refractivity contribution is 6.18. The number of quaternary nitrogens is 1. The van der Waals surface area contributed by atoms with E-state index in [1.165, 1.54) is 0 Å². The number of hydrogen-bond donors (Lipinski definition) is 1. The second-order valence-corrected chi connectivity index (χ2v) is 4.87. The zero-order valence-corrected chi connectivity index (χ0v) is 11.4. The molecular formula is C11H22ClNO4. The van der Waals surface area contributed by atoms with Crippen molar-refractivity contribution in [1.29, 1.82) is 0 Å². The van der Waals surface area contributed by atoms with Crippen LogP contribution < -0.4 is 0 Å². The van der Waals surface area contributed by atoms with Crippen LogP contribution in [0, 0.1) is 0 Å². The lowest BCUT2D eigenvalue weighted by molar-refractivity contribution is -0.893. The highest BCUT2D eigenvalue weighted by Gasteiger charge is 2.20. The topological polar surface area (TPSA) is 76.5 Å². The normalized spacial score (nSPS) is 12.5. The molecule has 0 aliphatic rings. The van der Waals surface area contributed by atoms with E-state index in [2.05, 4.69) is 6.58 Å². The molecule has 0 aromatic heterocycles. The summed E-state index contributed by atoms with van der Waals surface area (Å²) in [5, 5.41) is 9.42. The fourth-order valence-electron chi connectivity index (χ4n) is 1.22. The van der Waals surface area contributed by atoms with Crippen LogP contribution in [0.5, 0.6) is 0 Å². The molecule has 0 aliphatic carbocycles. The number of alkyl halides is 1. The SMILES string of the molecule is C=C(C)C(=O)OCC[N+](C)(C)CC(O)CCl.[OH-]. The van der Waals surface area contributed by atoms with Gasteiger partial charge in [0, 0.05) is 5.57 Å². The van der Waals surface area contributed by atoms with Gasteiger partial charge in [-0.2, -0.15) is 0 Å². The smallest absolute Gasteiger partial charge is 0.333 e. The molecule has 102 valence electrons. The number of halogens is 1. The summed E-state index contributed by atoms with van der Waals surface area (Å²) in [7, 11) is 3.90. The molecule has 0 radical (unpaired) electrons. The first-order valence-electron chi connectivity index (χ1n) is 5.17. The Morgan fingerprint density at radius 1 is 1.53 bits per heavy atom. The van der Waals surface area contributed by atoms with Crippen LogP contribution in [-0.2, 0) is 9.53 Å². The molecule has 0 aromatic rings. The van der Waals surface area contributed by atoms with Crippen LogP contribution in [0.25, 0.3) is 0 Å². The second-order valence-electron chi connectivity index (χ2n) is 4.57. The summed E-state index contributed by atoms with van der Waals surface area (Å²) >= 11 is 5.53. The number of aliphatic hydroxyl groups is 1. The molecular weight excluding hydrogens is 246 g/mol. The van der Waals surface area contributed by atoms with Crippen molar-refractivity contribution in [3.63, 3.8) is 0 Å². The zero-order valence-electron chi connectivity index (χ0n) is 10.6. The summed E-state index contributed by atoms with van der Waals surface area (Å²) in [4.78, 5) is 11.1. The summed E-state index contributed by atoms with van der Waals surface area (Å²) in [5.74, 6) is -0.161. The molecule has 0 saturated carbocycles. The number of rotatable bonds is 7. The number of likely N-dealkylation sites (N-methyl/N-ethyl adjacent to an activating group) is 1. The monoisotopic (exact) mass is 267 g/mol. The minimum Gasteiger partial charge on any atom is -0.870 e. The van der Waals surface area contributed by atoms with E-state index in [4.69, 9.17) is 16.3 Å². The van der Waals surface area contributed by atoms with E-state index in [-0.39, 0.29) is 17.3 Å². The maximum Gasteiger partial charge on any atom is 0.333 e.